The van der Waals surface area contributed by atoms with E-state index in [0.29, 0.717) is 18.9 Å². The van der Waals surface area contributed by atoms with Crippen molar-refractivity contribution in [1.29, 1.82) is 0 Å². The number of hydrogen-bond acceptors (Lipinski definition) is 3. The summed E-state index contributed by atoms with van der Waals surface area (Å²) >= 11 is 1.54. The van der Waals surface area contributed by atoms with Crippen LogP contribution in [0.1, 0.15) is 55.3 Å². The molecule has 2 aliphatic carbocycles. The number of thiophene rings is 1. The van der Waals surface area contributed by atoms with Crippen molar-refractivity contribution in [3.8, 4) is 0 Å². The standard InChI is InChI=1S/C19H24N2O2S/c22-17-6-9-19(13-20-18(23)15-7-10-24-12-15)8-2-1-3-16(19)21(17)11-14-4-5-14/h3,7,10,12,14H,1-2,4-6,8-9,11,13H2,(H,20,23). The van der Waals surface area contributed by atoms with Gasteiger partial charge in [-0.3, -0.25) is 9.59 Å². The third-order valence-corrected chi connectivity index (χ3v) is 6.34. The fourth-order valence-electron chi connectivity index (χ4n) is 4.06. The van der Waals surface area contributed by atoms with E-state index in [9.17, 15) is 9.59 Å². The molecule has 2 amide bonds. The molecule has 1 atom stereocenters. The first-order valence-corrected chi connectivity index (χ1v) is 9.94. The zero-order chi connectivity index (χ0) is 16.6. The van der Waals surface area contributed by atoms with E-state index < -0.39 is 0 Å². The van der Waals surface area contributed by atoms with Crippen LogP contribution in [-0.2, 0) is 4.79 Å². The number of nitrogens with one attached hydrogen (secondary N) is 1. The van der Waals surface area contributed by atoms with Gasteiger partial charge in [0.05, 0.1) is 0 Å². The van der Waals surface area contributed by atoms with Crippen LogP contribution in [0.5, 0.6) is 0 Å². The summed E-state index contributed by atoms with van der Waals surface area (Å²) in [7, 11) is 0. The van der Waals surface area contributed by atoms with Crippen molar-refractivity contribution in [2.45, 2.75) is 44.9 Å². The minimum absolute atomic E-state index is 0.00110. The summed E-state index contributed by atoms with van der Waals surface area (Å²) < 4.78 is 0. The molecule has 2 fully saturated rings. The molecule has 0 aromatic carbocycles. The molecule has 0 bridgehead atoms. The molecule has 4 nitrogen and oxygen atoms in total. The highest BCUT2D eigenvalue weighted by atomic mass is 32.1. The third kappa shape index (κ3) is 3.02. The lowest BCUT2D eigenvalue weighted by Crippen LogP contribution is -2.51. The summed E-state index contributed by atoms with van der Waals surface area (Å²) in [6.45, 7) is 1.52. The van der Waals surface area contributed by atoms with E-state index in [1.54, 1.807) is 0 Å². The fourth-order valence-corrected chi connectivity index (χ4v) is 4.70. The third-order valence-electron chi connectivity index (χ3n) is 5.66. The highest BCUT2D eigenvalue weighted by Gasteiger charge is 2.45. The number of piperidine rings is 1. The number of fused-ring (bicyclic) bond motifs is 1. The van der Waals surface area contributed by atoms with Crippen LogP contribution in [0.2, 0.25) is 0 Å². The van der Waals surface area contributed by atoms with Crippen molar-refractivity contribution in [2.75, 3.05) is 13.1 Å². The molecule has 0 radical (unpaired) electrons. The number of likely N-dealkylation sites (tertiary alicyclic amines) is 1. The van der Waals surface area contributed by atoms with Gasteiger partial charge in [0.2, 0.25) is 5.91 Å². The van der Waals surface area contributed by atoms with Gasteiger partial charge in [-0.2, -0.15) is 11.3 Å². The molecule has 4 rings (SSSR count). The zero-order valence-corrected chi connectivity index (χ0v) is 14.7. The minimum Gasteiger partial charge on any atom is -0.351 e. The molecule has 1 unspecified atom stereocenters. The van der Waals surface area contributed by atoms with Gasteiger partial charge >= 0.3 is 0 Å². The second-order valence-corrected chi connectivity index (χ2v) is 8.18. The van der Waals surface area contributed by atoms with E-state index in [1.807, 2.05) is 16.8 Å². The van der Waals surface area contributed by atoms with Crippen LogP contribution in [0.4, 0.5) is 0 Å². The summed E-state index contributed by atoms with van der Waals surface area (Å²) in [5, 5.41) is 6.95. The Bertz CT molecular complexity index is 663. The molecule has 1 saturated heterocycles. The number of amides is 2. The van der Waals surface area contributed by atoms with E-state index in [-0.39, 0.29) is 17.2 Å². The van der Waals surface area contributed by atoms with Gasteiger partial charge in [-0.25, -0.2) is 0 Å². The average molecular weight is 344 g/mol. The van der Waals surface area contributed by atoms with Crippen LogP contribution in [0, 0.1) is 11.3 Å². The predicted molar refractivity (Wildman–Crippen MR) is 94.7 cm³/mol. The van der Waals surface area contributed by atoms with E-state index in [0.717, 1.165) is 37.8 Å². The van der Waals surface area contributed by atoms with Gasteiger partial charge in [-0.15, -0.1) is 0 Å². The number of nitrogens with zero attached hydrogens (tertiary/aromatic N) is 1. The molecule has 1 N–H and O–H groups in total. The van der Waals surface area contributed by atoms with E-state index in [4.69, 9.17) is 0 Å². The highest BCUT2D eigenvalue weighted by Crippen LogP contribution is 2.47. The summed E-state index contributed by atoms with van der Waals surface area (Å²) in [6.07, 6.45) is 9.49. The molecule has 128 valence electrons. The SMILES string of the molecule is O=C(NCC12CCCC=C1N(CC1CC1)C(=O)CC2)c1ccsc1. The normalized spacial score (nSPS) is 26.8. The van der Waals surface area contributed by atoms with Gasteiger partial charge in [0.1, 0.15) is 0 Å². The largest absolute Gasteiger partial charge is 0.351 e. The molecule has 1 aliphatic heterocycles. The first-order chi connectivity index (χ1) is 11.7. The zero-order valence-electron chi connectivity index (χ0n) is 13.9. The first-order valence-electron chi connectivity index (χ1n) is 8.99. The Morgan fingerprint density at radius 2 is 2.25 bits per heavy atom. The maximum Gasteiger partial charge on any atom is 0.252 e. The first kappa shape index (κ1) is 15.9. The fraction of sp³-hybridized carbons (Fsp3) is 0.579. The van der Waals surface area contributed by atoms with Crippen LogP contribution in [0.25, 0.3) is 0 Å². The molecular formula is C19H24N2O2S. The van der Waals surface area contributed by atoms with Crippen molar-refractivity contribution in [3.63, 3.8) is 0 Å². The van der Waals surface area contributed by atoms with Crippen LogP contribution in [-0.4, -0.2) is 29.8 Å². The molecule has 2 heterocycles. The Kier molecular flexibility index (Phi) is 4.21. The Balaban J connectivity index is 1.52. The van der Waals surface area contributed by atoms with Crippen molar-refractivity contribution in [1.82, 2.24) is 10.2 Å². The van der Waals surface area contributed by atoms with Crippen molar-refractivity contribution in [2.24, 2.45) is 11.3 Å². The molecule has 1 aromatic rings. The lowest BCUT2D eigenvalue weighted by Gasteiger charge is -2.47. The van der Waals surface area contributed by atoms with Crippen LogP contribution >= 0.6 is 11.3 Å². The molecule has 24 heavy (non-hydrogen) atoms. The average Bonchev–Trinajstić information content (AvgIpc) is 3.25. The predicted octanol–water partition coefficient (Wildman–Crippen LogP) is 3.56. The Hall–Kier alpha value is -1.62. The number of rotatable bonds is 5. The summed E-state index contributed by atoms with van der Waals surface area (Å²) in [5.41, 5.74) is 1.88. The minimum atomic E-state index is -0.0489. The van der Waals surface area contributed by atoms with Crippen LogP contribution in [0.3, 0.4) is 0 Å². The number of carbonyl (C=O) groups excluding carboxylic acids is 2. The molecule has 1 aromatic heterocycles. The number of carbonyl (C=O) groups is 2. The number of allylic oxidation sites excluding steroid dienone is 1. The molecule has 0 spiro atoms. The highest BCUT2D eigenvalue weighted by molar-refractivity contribution is 7.08. The lowest BCUT2D eigenvalue weighted by atomic mass is 9.69. The van der Waals surface area contributed by atoms with Crippen molar-refractivity contribution < 1.29 is 9.59 Å². The van der Waals surface area contributed by atoms with Gasteiger partial charge in [-0.05, 0) is 55.9 Å². The Morgan fingerprint density at radius 3 is 3.00 bits per heavy atom. The summed E-state index contributed by atoms with van der Waals surface area (Å²) in [5.74, 6) is 0.962. The van der Waals surface area contributed by atoms with Gasteiger partial charge in [0, 0.05) is 41.6 Å². The monoisotopic (exact) mass is 344 g/mol. The Labute approximate surface area is 146 Å². The maximum absolute atomic E-state index is 12.5. The quantitative estimate of drug-likeness (QED) is 0.888. The molecule has 5 heteroatoms. The topological polar surface area (TPSA) is 49.4 Å². The van der Waals surface area contributed by atoms with E-state index in [2.05, 4.69) is 16.3 Å². The second kappa shape index (κ2) is 6.36. The van der Waals surface area contributed by atoms with E-state index in [1.165, 1.54) is 29.9 Å². The summed E-state index contributed by atoms with van der Waals surface area (Å²) in [6, 6.07) is 1.86. The molecule has 1 saturated carbocycles. The van der Waals surface area contributed by atoms with Crippen molar-refractivity contribution >= 4 is 23.2 Å². The summed E-state index contributed by atoms with van der Waals surface area (Å²) in [4.78, 5) is 26.9. The molecular weight excluding hydrogens is 320 g/mol. The lowest BCUT2D eigenvalue weighted by molar-refractivity contribution is -0.134. The van der Waals surface area contributed by atoms with Gasteiger partial charge < -0.3 is 10.2 Å². The van der Waals surface area contributed by atoms with Crippen LogP contribution < -0.4 is 5.32 Å². The Morgan fingerprint density at radius 1 is 1.38 bits per heavy atom. The van der Waals surface area contributed by atoms with Crippen molar-refractivity contribution in [3.05, 3.63) is 34.2 Å². The maximum atomic E-state index is 12.5. The second-order valence-electron chi connectivity index (χ2n) is 7.40. The van der Waals surface area contributed by atoms with Gasteiger partial charge in [0.25, 0.3) is 5.91 Å². The smallest absolute Gasteiger partial charge is 0.252 e. The van der Waals surface area contributed by atoms with Crippen LogP contribution in [0.15, 0.2) is 28.6 Å². The molecule has 3 aliphatic rings. The number of hydrogen-bond donors (Lipinski definition) is 1. The van der Waals surface area contributed by atoms with Gasteiger partial charge in [0.15, 0.2) is 0 Å². The van der Waals surface area contributed by atoms with E-state index >= 15 is 0 Å². The van der Waals surface area contributed by atoms with Gasteiger partial charge in [-0.1, -0.05) is 6.08 Å².